The van der Waals surface area contributed by atoms with E-state index in [2.05, 4.69) is 9.44 Å². The van der Waals surface area contributed by atoms with Crippen LogP contribution in [0.25, 0.3) is 11.0 Å². The van der Waals surface area contributed by atoms with Crippen LogP contribution in [0.15, 0.2) is 91.8 Å². The van der Waals surface area contributed by atoms with E-state index in [9.17, 15) is 21.6 Å². The molecule has 0 unspecified atom stereocenters. The smallest absolute Gasteiger partial charge is 0.336 e. The predicted octanol–water partition coefficient (Wildman–Crippen LogP) is 4.01. The third-order valence-corrected chi connectivity index (χ3v) is 7.80. The Kier molecular flexibility index (Phi) is 5.73. The molecule has 1 heterocycles. The van der Waals surface area contributed by atoms with E-state index in [4.69, 9.17) is 4.42 Å². The Bertz CT molecular complexity index is 1640. The van der Waals surface area contributed by atoms with Gasteiger partial charge in [-0.05, 0) is 73.5 Å². The summed E-state index contributed by atoms with van der Waals surface area (Å²) in [6.45, 7) is 3.47. The normalized spacial score (nSPS) is 11.9. The number of hydrogen-bond donors (Lipinski definition) is 2. The number of aryl methyl sites for hydroxylation is 2. The highest BCUT2D eigenvalue weighted by atomic mass is 32.2. The number of fused-ring (bicyclic) bond motifs is 1. The maximum atomic E-state index is 13.0. The lowest BCUT2D eigenvalue weighted by molar-refractivity contribution is 0.560. The van der Waals surface area contributed by atoms with E-state index >= 15 is 0 Å². The number of rotatable bonds is 6. The topological polar surface area (TPSA) is 123 Å². The average Bonchev–Trinajstić information content (AvgIpc) is 2.74. The molecule has 170 valence electrons. The van der Waals surface area contributed by atoms with Crippen LogP contribution < -0.4 is 15.1 Å². The van der Waals surface area contributed by atoms with Gasteiger partial charge in [0.25, 0.3) is 20.0 Å². The molecule has 3 aromatic carbocycles. The van der Waals surface area contributed by atoms with E-state index in [-0.39, 0.29) is 21.1 Å². The van der Waals surface area contributed by atoms with Gasteiger partial charge in [0.1, 0.15) is 5.58 Å². The van der Waals surface area contributed by atoms with Crippen molar-refractivity contribution in [3.8, 4) is 0 Å². The van der Waals surface area contributed by atoms with Gasteiger partial charge in [0.05, 0.1) is 15.5 Å². The maximum Gasteiger partial charge on any atom is 0.336 e. The third-order valence-electron chi connectivity index (χ3n) is 4.90. The van der Waals surface area contributed by atoms with Gasteiger partial charge >= 0.3 is 5.63 Å². The molecule has 0 amide bonds. The van der Waals surface area contributed by atoms with E-state index in [0.29, 0.717) is 16.6 Å². The molecular weight excluding hydrogens is 464 g/mol. The van der Waals surface area contributed by atoms with Crippen LogP contribution in [-0.4, -0.2) is 16.8 Å². The standard InChI is InChI=1S/C23H20N2O6S2/c1-15-4-3-5-18(12-15)25-33(29,30)22-14-19(8-6-16(22)2)24-32(27,28)20-9-10-21-17(13-20)7-11-23(26)31-21/h3-14,24-25H,1-2H3. The molecule has 0 aliphatic carbocycles. The molecule has 33 heavy (non-hydrogen) atoms. The fourth-order valence-electron chi connectivity index (χ4n) is 3.30. The van der Waals surface area contributed by atoms with Gasteiger partial charge in [-0.15, -0.1) is 0 Å². The number of hydrogen-bond acceptors (Lipinski definition) is 6. The highest BCUT2D eigenvalue weighted by Gasteiger charge is 2.20. The van der Waals surface area contributed by atoms with E-state index in [1.165, 1.54) is 48.5 Å². The molecule has 4 aromatic rings. The number of sulfonamides is 2. The summed E-state index contributed by atoms with van der Waals surface area (Å²) in [4.78, 5) is 11.2. The molecule has 1 aromatic heterocycles. The first kappa shape index (κ1) is 22.6. The molecule has 0 bridgehead atoms. The van der Waals surface area contributed by atoms with Gasteiger partial charge in [0.2, 0.25) is 0 Å². The minimum Gasteiger partial charge on any atom is -0.423 e. The first-order valence-electron chi connectivity index (χ1n) is 9.80. The predicted molar refractivity (Wildman–Crippen MR) is 126 cm³/mol. The summed E-state index contributed by atoms with van der Waals surface area (Å²) in [6.07, 6.45) is 0. The first-order valence-corrected chi connectivity index (χ1v) is 12.8. The Hall–Kier alpha value is -3.63. The molecule has 0 fully saturated rings. The molecule has 8 nitrogen and oxygen atoms in total. The Morgan fingerprint density at radius 2 is 1.45 bits per heavy atom. The van der Waals surface area contributed by atoms with Crippen molar-refractivity contribution in [1.29, 1.82) is 0 Å². The third kappa shape index (κ3) is 4.91. The van der Waals surface area contributed by atoms with Crippen molar-refractivity contribution in [1.82, 2.24) is 0 Å². The van der Waals surface area contributed by atoms with Crippen molar-refractivity contribution in [3.05, 3.63) is 94.3 Å². The molecular formula is C23H20N2O6S2. The van der Waals surface area contributed by atoms with Crippen molar-refractivity contribution in [2.45, 2.75) is 23.6 Å². The van der Waals surface area contributed by atoms with Crippen molar-refractivity contribution in [3.63, 3.8) is 0 Å². The SMILES string of the molecule is Cc1cccc(NS(=O)(=O)c2cc(NS(=O)(=O)c3ccc4oc(=O)ccc4c3)ccc2C)c1. The quantitative estimate of drug-likeness (QED) is 0.399. The van der Waals surface area contributed by atoms with Gasteiger partial charge < -0.3 is 4.42 Å². The Labute approximate surface area is 191 Å². The summed E-state index contributed by atoms with van der Waals surface area (Å²) >= 11 is 0. The van der Waals surface area contributed by atoms with Crippen LogP contribution in [0, 0.1) is 13.8 Å². The van der Waals surface area contributed by atoms with E-state index in [0.717, 1.165) is 5.56 Å². The molecule has 0 aliphatic rings. The van der Waals surface area contributed by atoms with Gasteiger partial charge in [-0.2, -0.15) is 0 Å². The maximum absolute atomic E-state index is 13.0. The van der Waals surface area contributed by atoms with E-state index in [1.807, 2.05) is 13.0 Å². The lowest BCUT2D eigenvalue weighted by atomic mass is 10.2. The fraction of sp³-hybridized carbons (Fsp3) is 0.0870. The minimum absolute atomic E-state index is 0.0514. The molecule has 0 aliphatic heterocycles. The monoisotopic (exact) mass is 484 g/mol. The van der Waals surface area contributed by atoms with Crippen molar-refractivity contribution in [2.24, 2.45) is 0 Å². The summed E-state index contributed by atoms with van der Waals surface area (Å²) in [5.41, 5.74) is 1.56. The van der Waals surface area contributed by atoms with Crippen LogP contribution in [-0.2, 0) is 20.0 Å². The summed E-state index contributed by atoms with van der Waals surface area (Å²) in [5, 5.41) is 0.437. The lowest BCUT2D eigenvalue weighted by Gasteiger charge is -2.14. The second kappa shape index (κ2) is 8.38. The van der Waals surface area contributed by atoms with Crippen LogP contribution >= 0.6 is 0 Å². The van der Waals surface area contributed by atoms with Crippen LogP contribution in [0.3, 0.4) is 0 Å². The van der Waals surface area contributed by atoms with Crippen molar-refractivity contribution in [2.75, 3.05) is 9.44 Å². The Morgan fingerprint density at radius 3 is 2.21 bits per heavy atom. The summed E-state index contributed by atoms with van der Waals surface area (Å²) < 4.78 is 61.7. The van der Waals surface area contributed by atoms with Crippen LogP contribution in [0.5, 0.6) is 0 Å². The zero-order valence-corrected chi connectivity index (χ0v) is 19.3. The van der Waals surface area contributed by atoms with Gasteiger partial charge in [-0.25, -0.2) is 21.6 Å². The highest BCUT2D eigenvalue weighted by molar-refractivity contribution is 7.93. The van der Waals surface area contributed by atoms with Crippen LogP contribution in [0.4, 0.5) is 11.4 Å². The summed E-state index contributed by atoms with van der Waals surface area (Å²) in [6, 6.07) is 17.9. The molecule has 0 radical (unpaired) electrons. The summed E-state index contributed by atoms with van der Waals surface area (Å²) in [5.74, 6) is 0. The molecule has 4 rings (SSSR count). The van der Waals surface area contributed by atoms with Crippen LogP contribution in [0.2, 0.25) is 0 Å². The largest absolute Gasteiger partial charge is 0.423 e. The number of nitrogens with one attached hydrogen (secondary N) is 2. The lowest BCUT2D eigenvalue weighted by Crippen LogP contribution is -2.16. The Morgan fingerprint density at radius 1 is 0.727 bits per heavy atom. The van der Waals surface area contributed by atoms with E-state index in [1.54, 1.807) is 25.1 Å². The fourth-order valence-corrected chi connectivity index (χ4v) is 5.71. The highest BCUT2D eigenvalue weighted by Crippen LogP contribution is 2.26. The van der Waals surface area contributed by atoms with Crippen molar-refractivity contribution >= 4 is 42.4 Å². The molecule has 2 N–H and O–H groups in total. The average molecular weight is 485 g/mol. The molecule has 10 heteroatoms. The minimum atomic E-state index is -4.04. The molecule has 0 spiro atoms. The van der Waals surface area contributed by atoms with Gasteiger partial charge in [-0.1, -0.05) is 18.2 Å². The molecule has 0 atom stereocenters. The van der Waals surface area contributed by atoms with Crippen molar-refractivity contribution < 1.29 is 21.3 Å². The molecule has 0 saturated carbocycles. The van der Waals surface area contributed by atoms with Gasteiger partial charge in [0.15, 0.2) is 0 Å². The van der Waals surface area contributed by atoms with Gasteiger partial charge in [0, 0.05) is 17.1 Å². The summed E-state index contributed by atoms with van der Waals surface area (Å²) in [7, 11) is -8.00. The van der Waals surface area contributed by atoms with E-state index < -0.39 is 25.7 Å². The second-order valence-electron chi connectivity index (χ2n) is 7.51. The number of anilines is 2. The zero-order valence-electron chi connectivity index (χ0n) is 17.7. The van der Waals surface area contributed by atoms with Crippen LogP contribution in [0.1, 0.15) is 11.1 Å². The number of benzene rings is 3. The van der Waals surface area contributed by atoms with Gasteiger partial charge in [-0.3, -0.25) is 9.44 Å². The second-order valence-corrected chi connectivity index (χ2v) is 10.8. The Balaban J connectivity index is 1.66. The first-order chi connectivity index (χ1) is 15.5. The zero-order chi connectivity index (χ0) is 23.8. The molecule has 0 saturated heterocycles.